The first kappa shape index (κ1) is 14.9. The van der Waals surface area contributed by atoms with E-state index >= 15 is 0 Å². The van der Waals surface area contributed by atoms with Gasteiger partial charge in [-0.05, 0) is 18.2 Å². The summed E-state index contributed by atoms with van der Waals surface area (Å²) < 4.78 is 44.7. The van der Waals surface area contributed by atoms with E-state index in [1.165, 1.54) is 18.0 Å². The molecule has 0 spiro atoms. The van der Waals surface area contributed by atoms with Gasteiger partial charge in [-0.3, -0.25) is 4.79 Å². The van der Waals surface area contributed by atoms with Gasteiger partial charge < -0.3 is 9.72 Å². The van der Waals surface area contributed by atoms with Crippen LogP contribution in [0.25, 0.3) is 10.9 Å². The van der Waals surface area contributed by atoms with Crippen LogP contribution in [-0.2, 0) is 6.18 Å². The summed E-state index contributed by atoms with van der Waals surface area (Å²) in [7, 11) is 1.45. The minimum absolute atomic E-state index is 0.341. The highest BCUT2D eigenvalue weighted by atomic mass is 19.4. The van der Waals surface area contributed by atoms with Crippen LogP contribution < -0.4 is 16.0 Å². The highest BCUT2D eigenvalue weighted by molar-refractivity contribution is 5.81. The molecule has 0 fully saturated rings. The Bertz CT molecular complexity index is 967. The number of hydrogen-bond donors (Lipinski definition) is 1. The molecule has 0 amide bonds. The predicted molar refractivity (Wildman–Crippen MR) is 75.6 cm³/mol. The average molecular weight is 325 g/mol. The Morgan fingerprint density at radius 3 is 2.48 bits per heavy atom. The molecule has 0 bridgehead atoms. The molecule has 3 aromatic rings. The number of benzene rings is 1. The van der Waals surface area contributed by atoms with E-state index in [1.54, 1.807) is 29.2 Å². The molecule has 9 heteroatoms. The molecule has 2 aromatic heterocycles. The second-order valence-electron chi connectivity index (χ2n) is 4.72. The maximum atomic E-state index is 12.6. The van der Waals surface area contributed by atoms with E-state index in [2.05, 4.69) is 0 Å². The SMILES string of the molecule is COc1ccc2ccn(-n3c(=O)cc(C(F)(F)F)[nH]c3=O)c2c1. The zero-order valence-corrected chi connectivity index (χ0v) is 11.7. The van der Waals surface area contributed by atoms with Crippen molar-refractivity contribution in [1.29, 1.82) is 0 Å². The number of H-pyrrole nitrogens is 1. The van der Waals surface area contributed by atoms with Crippen LogP contribution in [0.1, 0.15) is 5.69 Å². The quantitative estimate of drug-likeness (QED) is 0.781. The number of methoxy groups -OCH3 is 1. The van der Waals surface area contributed by atoms with Crippen molar-refractivity contribution in [3.05, 3.63) is 63.1 Å². The zero-order chi connectivity index (χ0) is 16.8. The van der Waals surface area contributed by atoms with Gasteiger partial charge in [0.15, 0.2) is 0 Å². The van der Waals surface area contributed by atoms with Crippen molar-refractivity contribution in [3.63, 3.8) is 0 Å². The van der Waals surface area contributed by atoms with E-state index in [0.717, 1.165) is 0 Å². The molecule has 120 valence electrons. The molecule has 3 rings (SSSR count). The molecule has 0 atom stereocenters. The van der Waals surface area contributed by atoms with E-state index in [4.69, 9.17) is 4.74 Å². The van der Waals surface area contributed by atoms with Crippen LogP contribution in [0, 0.1) is 0 Å². The summed E-state index contributed by atoms with van der Waals surface area (Å²) in [4.78, 5) is 25.6. The van der Waals surface area contributed by atoms with E-state index < -0.39 is 23.1 Å². The van der Waals surface area contributed by atoms with Crippen molar-refractivity contribution in [2.24, 2.45) is 0 Å². The van der Waals surface area contributed by atoms with Gasteiger partial charge in [-0.25, -0.2) is 9.47 Å². The summed E-state index contributed by atoms with van der Waals surface area (Å²) in [6, 6.07) is 6.92. The fourth-order valence-corrected chi connectivity index (χ4v) is 2.24. The Morgan fingerprint density at radius 2 is 1.87 bits per heavy atom. The number of nitrogens with one attached hydrogen (secondary N) is 1. The molecule has 0 aliphatic heterocycles. The van der Waals surface area contributed by atoms with Crippen LogP contribution in [-0.4, -0.2) is 21.4 Å². The third-order valence-electron chi connectivity index (χ3n) is 3.31. The van der Waals surface area contributed by atoms with E-state index in [1.807, 2.05) is 0 Å². The van der Waals surface area contributed by atoms with Gasteiger partial charge in [-0.2, -0.15) is 17.8 Å². The highest BCUT2D eigenvalue weighted by Gasteiger charge is 2.33. The first-order valence-electron chi connectivity index (χ1n) is 6.40. The van der Waals surface area contributed by atoms with Crippen LogP contribution in [0.5, 0.6) is 5.75 Å². The smallest absolute Gasteiger partial charge is 0.431 e. The van der Waals surface area contributed by atoms with Gasteiger partial charge in [0.05, 0.1) is 12.6 Å². The van der Waals surface area contributed by atoms with Crippen molar-refractivity contribution in [2.45, 2.75) is 6.18 Å². The average Bonchev–Trinajstić information content (AvgIpc) is 2.88. The standard InChI is InChI=1S/C14H10F3N3O3/c1-23-9-3-2-8-4-5-19(10(8)6-9)20-12(21)7-11(14(15,16)17)18-13(20)22/h2-7H,1H3,(H,18,22). The van der Waals surface area contributed by atoms with Crippen LogP contribution >= 0.6 is 0 Å². The largest absolute Gasteiger partial charge is 0.497 e. The fourth-order valence-electron chi connectivity index (χ4n) is 2.24. The lowest BCUT2D eigenvalue weighted by Gasteiger charge is -2.11. The van der Waals surface area contributed by atoms with Crippen molar-refractivity contribution in [3.8, 4) is 5.75 Å². The molecule has 1 aromatic carbocycles. The van der Waals surface area contributed by atoms with Gasteiger partial charge >= 0.3 is 11.9 Å². The Balaban J connectivity index is 2.28. The lowest BCUT2D eigenvalue weighted by molar-refractivity contribution is -0.141. The first-order valence-corrected chi connectivity index (χ1v) is 6.40. The Morgan fingerprint density at radius 1 is 1.13 bits per heavy atom. The molecule has 2 heterocycles. The number of alkyl halides is 3. The molecule has 0 saturated carbocycles. The molecule has 1 N–H and O–H groups in total. The molecule has 23 heavy (non-hydrogen) atoms. The Labute approximate surface area is 126 Å². The molecule has 0 radical (unpaired) electrons. The van der Waals surface area contributed by atoms with Crippen LogP contribution in [0.2, 0.25) is 0 Å². The summed E-state index contributed by atoms with van der Waals surface area (Å²) in [6.45, 7) is 0. The summed E-state index contributed by atoms with van der Waals surface area (Å²) in [5.41, 5.74) is -3.24. The molecular formula is C14H10F3N3O3. The van der Waals surface area contributed by atoms with E-state index in [-0.39, 0.29) is 0 Å². The number of nitrogens with zero attached hydrogens (tertiary/aromatic N) is 2. The van der Waals surface area contributed by atoms with E-state index in [9.17, 15) is 22.8 Å². The summed E-state index contributed by atoms with van der Waals surface area (Å²) >= 11 is 0. The maximum Gasteiger partial charge on any atom is 0.431 e. The van der Waals surface area contributed by atoms with Crippen molar-refractivity contribution in [2.75, 3.05) is 7.11 Å². The van der Waals surface area contributed by atoms with E-state index in [0.29, 0.717) is 27.4 Å². The van der Waals surface area contributed by atoms with Crippen molar-refractivity contribution < 1.29 is 17.9 Å². The van der Waals surface area contributed by atoms with Crippen LogP contribution in [0.3, 0.4) is 0 Å². The monoisotopic (exact) mass is 325 g/mol. The predicted octanol–water partition coefficient (Wildman–Crippen LogP) is 1.83. The molecule has 6 nitrogen and oxygen atoms in total. The minimum Gasteiger partial charge on any atom is -0.497 e. The highest BCUT2D eigenvalue weighted by Crippen LogP contribution is 2.25. The topological polar surface area (TPSA) is 69.0 Å². The normalized spacial score (nSPS) is 11.8. The second-order valence-corrected chi connectivity index (χ2v) is 4.72. The fraction of sp³-hybridized carbons (Fsp3) is 0.143. The molecule has 0 aliphatic carbocycles. The number of aromatic amines is 1. The Hall–Kier alpha value is -2.97. The molecule has 0 aliphatic rings. The lowest BCUT2D eigenvalue weighted by Crippen LogP contribution is -2.40. The van der Waals surface area contributed by atoms with Crippen LogP contribution in [0.15, 0.2) is 46.1 Å². The second kappa shape index (κ2) is 5.04. The molecular weight excluding hydrogens is 315 g/mol. The van der Waals surface area contributed by atoms with Gasteiger partial charge in [0, 0.05) is 23.7 Å². The van der Waals surface area contributed by atoms with Gasteiger partial charge in [-0.15, -0.1) is 0 Å². The van der Waals surface area contributed by atoms with Crippen LogP contribution in [0.4, 0.5) is 13.2 Å². The van der Waals surface area contributed by atoms with Gasteiger partial charge in [-0.1, -0.05) is 0 Å². The number of halogens is 3. The maximum absolute atomic E-state index is 12.6. The number of hydrogen-bond acceptors (Lipinski definition) is 3. The molecule has 0 unspecified atom stereocenters. The summed E-state index contributed by atoms with van der Waals surface area (Å²) in [6.07, 6.45) is -3.40. The third-order valence-corrected chi connectivity index (χ3v) is 3.31. The lowest BCUT2D eigenvalue weighted by atomic mass is 10.2. The summed E-state index contributed by atoms with van der Waals surface area (Å²) in [5.74, 6) is 0.480. The number of aromatic nitrogens is 3. The van der Waals surface area contributed by atoms with Gasteiger partial charge in [0.25, 0.3) is 5.56 Å². The van der Waals surface area contributed by atoms with Gasteiger partial charge in [0.2, 0.25) is 0 Å². The number of ether oxygens (including phenoxy) is 1. The minimum atomic E-state index is -4.81. The van der Waals surface area contributed by atoms with Crippen molar-refractivity contribution in [1.82, 2.24) is 14.3 Å². The number of fused-ring (bicyclic) bond motifs is 1. The van der Waals surface area contributed by atoms with Gasteiger partial charge in [0.1, 0.15) is 11.4 Å². The number of rotatable bonds is 2. The van der Waals surface area contributed by atoms with Crippen molar-refractivity contribution >= 4 is 10.9 Å². The third kappa shape index (κ3) is 2.50. The molecule has 0 saturated heterocycles. The zero-order valence-electron chi connectivity index (χ0n) is 11.7. The Kier molecular flexibility index (Phi) is 3.28. The first-order chi connectivity index (χ1) is 10.8. The summed E-state index contributed by atoms with van der Waals surface area (Å²) in [5, 5.41) is 0.692.